The third-order valence-electron chi connectivity index (χ3n) is 2.83. The van der Waals surface area contributed by atoms with Crippen LogP contribution in [-0.4, -0.2) is 28.7 Å². The Morgan fingerprint density at radius 1 is 1.24 bits per heavy atom. The molecule has 1 aromatic carbocycles. The molecule has 21 heavy (non-hydrogen) atoms. The fourth-order valence-corrected chi connectivity index (χ4v) is 1.87. The minimum absolute atomic E-state index is 0.154. The number of nitrogens with zero attached hydrogens (tertiary/aromatic N) is 3. The van der Waals surface area contributed by atoms with Crippen molar-refractivity contribution in [2.24, 2.45) is 0 Å². The number of ether oxygens (including phenoxy) is 1. The Morgan fingerprint density at radius 2 is 1.95 bits per heavy atom. The number of hydrogen-bond acceptors (Lipinski definition) is 5. The second kappa shape index (κ2) is 7.12. The molecule has 0 aliphatic heterocycles. The van der Waals surface area contributed by atoms with Gasteiger partial charge in [-0.2, -0.15) is 13.8 Å². The first kappa shape index (κ1) is 15.4. The maximum atomic E-state index is 12.1. The number of hydrogen-bond donors (Lipinski definition) is 0. The van der Waals surface area contributed by atoms with Crippen LogP contribution in [0.4, 0.5) is 8.78 Å². The van der Waals surface area contributed by atoms with E-state index in [0.717, 1.165) is 12.0 Å². The molecule has 0 aliphatic carbocycles. The zero-order valence-electron chi connectivity index (χ0n) is 11.9. The summed E-state index contributed by atoms with van der Waals surface area (Å²) in [6, 6.07) is 6.55. The third-order valence-corrected chi connectivity index (χ3v) is 2.83. The van der Waals surface area contributed by atoms with Crippen molar-refractivity contribution in [3.05, 3.63) is 41.5 Å². The van der Waals surface area contributed by atoms with E-state index in [9.17, 15) is 8.78 Å². The molecular formula is C14H17F2N3O2. The van der Waals surface area contributed by atoms with Crippen molar-refractivity contribution in [3.8, 4) is 5.75 Å². The van der Waals surface area contributed by atoms with Gasteiger partial charge >= 0.3 is 6.61 Å². The van der Waals surface area contributed by atoms with E-state index < -0.39 is 6.61 Å². The van der Waals surface area contributed by atoms with Crippen molar-refractivity contribution < 1.29 is 18.0 Å². The van der Waals surface area contributed by atoms with Crippen LogP contribution in [0.15, 0.2) is 28.8 Å². The Bertz CT molecular complexity index is 558. The van der Waals surface area contributed by atoms with Crippen molar-refractivity contribution in [2.75, 3.05) is 7.05 Å². The molecular weight excluding hydrogens is 280 g/mol. The molecule has 5 nitrogen and oxygen atoms in total. The number of aryl methyl sites for hydroxylation is 1. The lowest BCUT2D eigenvalue weighted by atomic mass is 10.2. The number of halogens is 2. The number of aromatic nitrogens is 2. The van der Waals surface area contributed by atoms with E-state index in [1.807, 2.05) is 18.9 Å². The first-order chi connectivity index (χ1) is 10.1. The van der Waals surface area contributed by atoms with Crippen molar-refractivity contribution in [1.29, 1.82) is 0 Å². The lowest BCUT2D eigenvalue weighted by Crippen LogP contribution is -2.17. The SMILES string of the molecule is CCc1noc(CN(C)Cc2ccc(OC(F)F)cc2)n1. The molecule has 1 aromatic heterocycles. The summed E-state index contributed by atoms with van der Waals surface area (Å²) in [7, 11) is 1.92. The summed E-state index contributed by atoms with van der Waals surface area (Å²) in [6.45, 7) is 0.325. The van der Waals surface area contributed by atoms with Crippen molar-refractivity contribution >= 4 is 0 Å². The van der Waals surface area contributed by atoms with Crippen LogP contribution in [0.25, 0.3) is 0 Å². The fourth-order valence-electron chi connectivity index (χ4n) is 1.87. The van der Waals surface area contributed by atoms with Crippen molar-refractivity contribution in [1.82, 2.24) is 15.0 Å². The zero-order valence-corrected chi connectivity index (χ0v) is 11.9. The van der Waals surface area contributed by atoms with Crippen LogP contribution < -0.4 is 4.74 Å². The molecule has 2 aromatic rings. The highest BCUT2D eigenvalue weighted by Gasteiger charge is 2.09. The number of benzene rings is 1. The monoisotopic (exact) mass is 297 g/mol. The highest BCUT2D eigenvalue weighted by atomic mass is 19.3. The Hall–Kier alpha value is -2.02. The molecule has 0 atom stereocenters. The Kier molecular flexibility index (Phi) is 5.21. The first-order valence-corrected chi connectivity index (χ1v) is 6.60. The van der Waals surface area contributed by atoms with Crippen LogP contribution >= 0.6 is 0 Å². The molecule has 0 bridgehead atoms. The number of rotatable bonds is 7. The van der Waals surface area contributed by atoms with E-state index in [1.165, 1.54) is 12.1 Å². The molecule has 0 spiro atoms. The Balaban J connectivity index is 1.88. The smallest absolute Gasteiger partial charge is 0.387 e. The molecule has 0 fully saturated rings. The molecule has 114 valence electrons. The maximum absolute atomic E-state index is 12.1. The molecule has 0 N–H and O–H groups in total. The average Bonchev–Trinajstić information content (AvgIpc) is 2.88. The van der Waals surface area contributed by atoms with Crippen LogP contribution in [-0.2, 0) is 19.5 Å². The van der Waals surface area contributed by atoms with Gasteiger partial charge in [0.15, 0.2) is 5.82 Å². The highest BCUT2D eigenvalue weighted by molar-refractivity contribution is 5.27. The van der Waals surface area contributed by atoms with Crippen LogP contribution in [0.1, 0.15) is 24.2 Å². The summed E-state index contributed by atoms with van der Waals surface area (Å²) < 4.78 is 33.5. The van der Waals surface area contributed by atoms with Gasteiger partial charge in [0.1, 0.15) is 5.75 Å². The molecule has 0 unspecified atom stereocenters. The summed E-state index contributed by atoms with van der Waals surface area (Å²) in [5.41, 5.74) is 0.981. The zero-order chi connectivity index (χ0) is 15.2. The lowest BCUT2D eigenvalue weighted by molar-refractivity contribution is -0.0498. The summed E-state index contributed by atoms with van der Waals surface area (Å²) in [5.74, 6) is 1.40. The minimum Gasteiger partial charge on any atom is -0.435 e. The molecule has 1 heterocycles. The van der Waals surface area contributed by atoms with Crippen molar-refractivity contribution in [2.45, 2.75) is 33.0 Å². The Labute approximate surface area is 121 Å². The lowest BCUT2D eigenvalue weighted by Gasteiger charge is -2.14. The van der Waals surface area contributed by atoms with Gasteiger partial charge in [0.05, 0.1) is 6.54 Å². The molecule has 0 saturated carbocycles. The summed E-state index contributed by atoms with van der Waals surface area (Å²) in [4.78, 5) is 6.23. The third kappa shape index (κ3) is 4.78. The summed E-state index contributed by atoms with van der Waals surface area (Å²) in [5, 5.41) is 3.83. The normalized spacial score (nSPS) is 11.3. The average molecular weight is 297 g/mol. The molecule has 0 radical (unpaired) electrons. The largest absolute Gasteiger partial charge is 0.435 e. The van der Waals surface area contributed by atoms with E-state index >= 15 is 0 Å². The summed E-state index contributed by atoms with van der Waals surface area (Å²) in [6.07, 6.45) is 0.735. The standard InChI is InChI=1S/C14H17F2N3O2/c1-3-12-17-13(21-18-12)9-19(2)8-10-4-6-11(7-5-10)20-14(15)16/h4-7,14H,3,8-9H2,1-2H3. The van der Waals surface area contributed by atoms with Crippen molar-refractivity contribution in [3.63, 3.8) is 0 Å². The first-order valence-electron chi connectivity index (χ1n) is 6.60. The van der Waals surface area contributed by atoms with Gasteiger partial charge in [-0.1, -0.05) is 24.2 Å². The van der Waals surface area contributed by atoms with Gasteiger partial charge in [-0.05, 0) is 24.7 Å². The highest BCUT2D eigenvalue weighted by Crippen LogP contribution is 2.16. The fraction of sp³-hybridized carbons (Fsp3) is 0.429. The van der Waals surface area contributed by atoms with Crippen LogP contribution in [0.5, 0.6) is 5.75 Å². The second-order valence-electron chi connectivity index (χ2n) is 4.65. The minimum atomic E-state index is -2.80. The molecule has 0 amide bonds. The van der Waals surface area contributed by atoms with Gasteiger partial charge < -0.3 is 9.26 Å². The van der Waals surface area contributed by atoms with Gasteiger partial charge in [-0.3, -0.25) is 4.90 Å². The maximum Gasteiger partial charge on any atom is 0.387 e. The van der Waals surface area contributed by atoms with Gasteiger partial charge in [0.2, 0.25) is 5.89 Å². The van der Waals surface area contributed by atoms with E-state index in [2.05, 4.69) is 14.9 Å². The molecule has 0 saturated heterocycles. The second-order valence-corrected chi connectivity index (χ2v) is 4.65. The molecule has 2 rings (SSSR count). The predicted octanol–water partition coefficient (Wildman–Crippen LogP) is 2.87. The number of alkyl halides is 2. The van der Waals surface area contributed by atoms with Gasteiger partial charge in [0.25, 0.3) is 0 Å². The van der Waals surface area contributed by atoms with Gasteiger partial charge in [-0.15, -0.1) is 0 Å². The molecule has 7 heteroatoms. The molecule has 0 aliphatic rings. The summed E-state index contributed by atoms with van der Waals surface area (Å²) >= 11 is 0. The predicted molar refractivity (Wildman–Crippen MR) is 71.9 cm³/mol. The van der Waals surface area contributed by atoms with Crippen LogP contribution in [0, 0.1) is 0 Å². The van der Waals surface area contributed by atoms with E-state index in [1.54, 1.807) is 12.1 Å². The quantitative estimate of drug-likeness (QED) is 0.786. The topological polar surface area (TPSA) is 51.4 Å². The van der Waals surface area contributed by atoms with Crippen LogP contribution in [0.3, 0.4) is 0 Å². The van der Waals surface area contributed by atoms with E-state index in [0.29, 0.717) is 24.8 Å². The van der Waals surface area contributed by atoms with E-state index in [-0.39, 0.29) is 5.75 Å². The van der Waals surface area contributed by atoms with Gasteiger partial charge in [0, 0.05) is 13.0 Å². The van der Waals surface area contributed by atoms with Crippen LogP contribution in [0.2, 0.25) is 0 Å². The Morgan fingerprint density at radius 3 is 2.52 bits per heavy atom. The van der Waals surface area contributed by atoms with E-state index in [4.69, 9.17) is 4.52 Å². The van der Waals surface area contributed by atoms with Gasteiger partial charge in [-0.25, -0.2) is 0 Å².